The van der Waals surface area contributed by atoms with Crippen LogP contribution < -0.4 is 5.32 Å². The minimum Gasteiger partial charge on any atom is -0.307 e. The van der Waals surface area contributed by atoms with Gasteiger partial charge in [0.1, 0.15) is 0 Å². The summed E-state index contributed by atoms with van der Waals surface area (Å²) < 4.78 is 0. The van der Waals surface area contributed by atoms with Gasteiger partial charge in [0, 0.05) is 12.4 Å². The lowest BCUT2D eigenvalue weighted by Gasteiger charge is -2.22. The van der Waals surface area contributed by atoms with Crippen LogP contribution in [0.4, 0.5) is 0 Å². The molecule has 2 rings (SSSR count). The van der Waals surface area contributed by atoms with Crippen LogP contribution in [-0.4, -0.2) is 11.5 Å². The third kappa shape index (κ3) is 3.92. The Morgan fingerprint density at radius 1 is 1.14 bits per heavy atom. The van der Waals surface area contributed by atoms with Crippen molar-refractivity contribution in [1.29, 1.82) is 0 Å². The number of aryl methyl sites for hydroxylation is 2. The molecule has 0 bridgehead atoms. The van der Waals surface area contributed by atoms with Gasteiger partial charge in [0.15, 0.2) is 0 Å². The molecule has 0 saturated heterocycles. The van der Waals surface area contributed by atoms with Crippen molar-refractivity contribution in [3.8, 4) is 0 Å². The third-order valence-electron chi connectivity index (χ3n) is 3.86. The number of pyridine rings is 1. The average Bonchev–Trinajstić information content (AvgIpc) is 2.53. The molecule has 112 valence electrons. The van der Waals surface area contributed by atoms with Gasteiger partial charge in [0.05, 0.1) is 6.04 Å². The van der Waals surface area contributed by atoms with Crippen LogP contribution in [-0.2, 0) is 12.8 Å². The molecule has 0 saturated carbocycles. The van der Waals surface area contributed by atoms with Crippen LogP contribution in [0.15, 0.2) is 42.7 Å². The van der Waals surface area contributed by atoms with Crippen LogP contribution in [0, 0.1) is 0 Å². The highest BCUT2D eigenvalue weighted by Gasteiger charge is 2.16. The summed E-state index contributed by atoms with van der Waals surface area (Å²) in [6.45, 7) is 7.54. The molecule has 0 radical (unpaired) electrons. The lowest BCUT2D eigenvalue weighted by Crippen LogP contribution is -2.23. The summed E-state index contributed by atoms with van der Waals surface area (Å²) in [6, 6.07) is 11.4. The van der Waals surface area contributed by atoms with E-state index in [2.05, 4.69) is 61.4 Å². The molecular weight excluding hydrogens is 256 g/mol. The van der Waals surface area contributed by atoms with E-state index in [9.17, 15) is 0 Å². The van der Waals surface area contributed by atoms with Gasteiger partial charge in [-0.1, -0.05) is 51.5 Å². The number of aromatic nitrogens is 1. The Bertz CT molecular complexity index is 563. The molecule has 21 heavy (non-hydrogen) atoms. The molecule has 0 aliphatic carbocycles. The van der Waals surface area contributed by atoms with E-state index in [1.807, 2.05) is 12.4 Å². The van der Waals surface area contributed by atoms with Crippen LogP contribution in [0.1, 0.15) is 55.5 Å². The van der Waals surface area contributed by atoms with Gasteiger partial charge in [-0.05, 0) is 47.7 Å². The molecule has 1 unspecified atom stereocenters. The summed E-state index contributed by atoms with van der Waals surface area (Å²) in [7, 11) is 0. The zero-order chi connectivity index (χ0) is 15.1. The lowest BCUT2D eigenvalue weighted by molar-refractivity contribution is 0.623. The minimum absolute atomic E-state index is 0.254. The number of rotatable bonds is 7. The molecule has 1 aromatic carbocycles. The maximum Gasteiger partial charge on any atom is 0.0580 e. The summed E-state index contributed by atoms with van der Waals surface area (Å²) in [6.07, 6.45) is 7.23. The number of hydrogen-bond acceptors (Lipinski definition) is 2. The molecule has 1 atom stereocenters. The van der Waals surface area contributed by atoms with Crippen LogP contribution >= 0.6 is 0 Å². The molecule has 0 aliphatic heterocycles. The Hall–Kier alpha value is -1.67. The fourth-order valence-corrected chi connectivity index (χ4v) is 2.84. The first kappa shape index (κ1) is 15.7. The maximum atomic E-state index is 4.27. The normalized spacial score (nSPS) is 12.3. The van der Waals surface area contributed by atoms with Crippen LogP contribution in [0.5, 0.6) is 0 Å². The fraction of sp³-hybridized carbons (Fsp3) is 0.421. The number of nitrogens with one attached hydrogen (secondary N) is 1. The highest BCUT2D eigenvalue weighted by molar-refractivity contribution is 5.37. The zero-order valence-corrected chi connectivity index (χ0v) is 13.4. The van der Waals surface area contributed by atoms with Crippen LogP contribution in [0.2, 0.25) is 0 Å². The van der Waals surface area contributed by atoms with E-state index in [4.69, 9.17) is 0 Å². The number of nitrogens with zero attached hydrogens (tertiary/aromatic N) is 1. The van der Waals surface area contributed by atoms with Gasteiger partial charge in [0.25, 0.3) is 0 Å². The highest BCUT2D eigenvalue weighted by Crippen LogP contribution is 2.26. The molecule has 0 aliphatic rings. The van der Waals surface area contributed by atoms with Crippen molar-refractivity contribution in [2.24, 2.45) is 0 Å². The van der Waals surface area contributed by atoms with E-state index < -0.39 is 0 Å². The van der Waals surface area contributed by atoms with E-state index in [0.717, 1.165) is 19.4 Å². The highest BCUT2D eigenvalue weighted by atomic mass is 14.9. The lowest BCUT2D eigenvalue weighted by atomic mass is 9.93. The first-order valence-electron chi connectivity index (χ1n) is 8.05. The van der Waals surface area contributed by atoms with Crippen molar-refractivity contribution in [1.82, 2.24) is 10.3 Å². The molecular formula is C19H26N2. The van der Waals surface area contributed by atoms with E-state index in [1.54, 1.807) is 0 Å². The van der Waals surface area contributed by atoms with Gasteiger partial charge in [-0.2, -0.15) is 0 Å². The van der Waals surface area contributed by atoms with Crippen molar-refractivity contribution in [2.75, 3.05) is 6.54 Å². The van der Waals surface area contributed by atoms with Crippen LogP contribution in [0.3, 0.4) is 0 Å². The third-order valence-corrected chi connectivity index (χ3v) is 3.86. The Morgan fingerprint density at radius 2 is 2.00 bits per heavy atom. The molecule has 1 heterocycles. The SMILES string of the molecule is CCCc1cccc(C(NCC)c2ccncc2CC)c1. The topological polar surface area (TPSA) is 24.9 Å². The van der Waals surface area contributed by atoms with E-state index in [-0.39, 0.29) is 6.04 Å². The molecule has 0 amide bonds. The first-order valence-corrected chi connectivity index (χ1v) is 8.05. The molecule has 1 N–H and O–H groups in total. The molecule has 2 aromatic rings. The second kappa shape index (κ2) is 7.94. The predicted octanol–water partition coefficient (Wildman–Crippen LogP) is 4.30. The number of hydrogen-bond donors (Lipinski definition) is 1. The molecule has 1 aromatic heterocycles. The Labute approximate surface area is 128 Å². The summed E-state index contributed by atoms with van der Waals surface area (Å²) in [5, 5.41) is 3.63. The summed E-state index contributed by atoms with van der Waals surface area (Å²) in [4.78, 5) is 4.27. The van der Waals surface area contributed by atoms with Gasteiger partial charge in [0.2, 0.25) is 0 Å². The smallest absolute Gasteiger partial charge is 0.0580 e. The largest absolute Gasteiger partial charge is 0.307 e. The average molecular weight is 282 g/mol. The van der Waals surface area contributed by atoms with Crippen molar-refractivity contribution < 1.29 is 0 Å². The second-order valence-electron chi connectivity index (χ2n) is 5.41. The summed E-state index contributed by atoms with van der Waals surface area (Å²) in [5.74, 6) is 0. The van der Waals surface area contributed by atoms with Gasteiger partial charge >= 0.3 is 0 Å². The van der Waals surface area contributed by atoms with Crippen LogP contribution in [0.25, 0.3) is 0 Å². The number of benzene rings is 1. The standard InChI is InChI=1S/C19H26N2/c1-4-8-15-9-7-10-17(13-15)19(21-6-3)18-11-12-20-14-16(18)5-2/h7,9-14,19,21H,4-6,8H2,1-3H3. The van der Waals surface area contributed by atoms with Crippen molar-refractivity contribution in [3.63, 3.8) is 0 Å². The molecule has 0 fully saturated rings. The Morgan fingerprint density at radius 3 is 2.71 bits per heavy atom. The van der Waals surface area contributed by atoms with E-state index in [1.165, 1.54) is 28.7 Å². The quantitative estimate of drug-likeness (QED) is 0.819. The first-order chi connectivity index (χ1) is 10.3. The second-order valence-corrected chi connectivity index (χ2v) is 5.41. The monoisotopic (exact) mass is 282 g/mol. The van der Waals surface area contributed by atoms with Crippen molar-refractivity contribution >= 4 is 0 Å². The summed E-state index contributed by atoms with van der Waals surface area (Å²) >= 11 is 0. The van der Waals surface area contributed by atoms with Gasteiger partial charge in [-0.15, -0.1) is 0 Å². The van der Waals surface area contributed by atoms with E-state index >= 15 is 0 Å². The van der Waals surface area contributed by atoms with Gasteiger partial charge < -0.3 is 5.32 Å². The van der Waals surface area contributed by atoms with Gasteiger partial charge in [-0.25, -0.2) is 0 Å². The predicted molar refractivity (Wildman–Crippen MR) is 89.6 cm³/mol. The maximum absolute atomic E-state index is 4.27. The van der Waals surface area contributed by atoms with E-state index in [0.29, 0.717) is 0 Å². The van der Waals surface area contributed by atoms with Gasteiger partial charge in [-0.3, -0.25) is 4.98 Å². The Balaban J connectivity index is 2.40. The molecule has 2 nitrogen and oxygen atoms in total. The zero-order valence-electron chi connectivity index (χ0n) is 13.4. The molecule has 0 spiro atoms. The fourth-order valence-electron chi connectivity index (χ4n) is 2.84. The Kier molecular flexibility index (Phi) is 5.94. The summed E-state index contributed by atoms with van der Waals surface area (Å²) in [5.41, 5.74) is 5.45. The minimum atomic E-state index is 0.254. The van der Waals surface area contributed by atoms with Crippen molar-refractivity contribution in [3.05, 3.63) is 65.0 Å². The molecule has 2 heteroatoms. The van der Waals surface area contributed by atoms with Crippen molar-refractivity contribution in [2.45, 2.75) is 46.1 Å².